The zero-order valence-corrected chi connectivity index (χ0v) is 40.3. The number of nitrogens with zero attached hydrogens (tertiary/aromatic N) is 6. The van der Waals surface area contributed by atoms with Crippen LogP contribution in [-0.2, 0) is 0 Å². The monoisotopic (exact) mass is 958 g/mol. The molecule has 0 radical (unpaired) electrons. The van der Waals surface area contributed by atoms with Crippen LogP contribution in [0.15, 0.2) is 259 Å². The van der Waals surface area contributed by atoms with E-state index >= 15 is 0 Å². The Morgan fingerprint density at radius 1 is 0.427 bits per heavy atom. The van der Waals surface area contributed by atoms with Crippen molar-refractivity contribution in [3.8, 4) is 50.6 Å². The summed E-state index contributed by atoms with van der Waals surface area (Å²) in [7, 11) is 0. The minimum Gasteiger partial charge on any atom is -0.454 e. The number of para-hydroxylation sites is 2. The molecule has 0 aliphatic rings. The summed E-state index contributed by atoms with van der Waals surface area (Å²) in [5, 5.41) is 13.5. The summed E-state index contributed by atoms with van der Waals surface area (Å²) in [6, 6.07) is 85.3. The van der Waals surface area contributed by atoms with Crippen LogP contribution < -0.4 is 9.80 Å². The number of pyridine rings is 2. The summed E-state index contributed by atoms with van der Waals surface area (Å²) in [4.78, 5) is 18.7. The Morgan fingerprint density at radius 3 is 1.45 bits per heavy atom. The molecular formula is C68H42N6O. The van der Waals surface area contributed by atoms with E-state index in [2.05, 4.69) is 185 Å². The molecule has 0 N–H and O–H groups in total. The highest BCUT2D eigenvalue weighted by atomic mass is 16.3. The molecule has 0 saturated heterocycles. The number of fused-ring (bicyclic) bond motifs is 8. The molecule has 0 bridgehead atoms. The lowest BCUT2D eigenvalue weighted by Crippen LogP contribution is -2.13. The summed E-state index contributed by atoms with van der Waals surface area (Å²) in [5.74, 6) is 0. The van der Waals surface area contributed by atoms with Crippen LogP contribution in [0, 0.1) is 17.9 Å². The average Bonchev–Trinajstić information content (AvgIpc) is 3.95. The number of rotatable bonds is 10. The second-order valence-electron chi connectivity index (χ2n) is 18.3. The summed E-state index contributed by atoms with van der Waals surface area (Å²) in [6.45, 7) is 7.81. The Balaban J connectivity index is 1.09. The fourth-order valence-corrected chi connectivity index (χ4v) is 10.6. The maximum atomic E-state index is 10.0. The smallest absolute Gasteiger partial charge is 0.187 e. The van der Waals surface area contributed by atoms with Gasteiger partial charge in [-0.1, -0.05) is 176 Å². The van der Waals surface area contributed by atoms with Crippen molar-refractivity contribution in [2.75, 3.05) is 9.80 Å². The Labute approximate surface area is 433 Å². The highest BCUT2D eigenvalue weighted by Crippen LogP contribution is 2.52. The lowest BCUT2D eigenvalue weighted by Gasteiger charge is -2.31. The molecule has 7 nitrogen and oxygen atoms in total. The van der Waals surface area contributed by atoms with Gasteiger partial charge in [-0.05, 0) is 82.9 Å². The standard InChI is InChI=1S/C68H42N6O/c1-70-50-32-36-51(37-33-50)73(66-54(46-17-6-2-7-18-46)25-14-26-55(66)47-19-8-3-9-20-47)53-38-39-58-61(43-53)75-68-63(58)65-62(59-29-16-41-71-64(59)68)60(40-42-72-65)74(52-34-30-45(44-69)31-35-52)67-56(48-21-10-4-11-22-48)27-15-28-57(67)49-23-12-5-13-24-49/h2-43H. The Morgan fingerprint density at radius 2 is 0.920 bits per heavy atom. The van der Waals surface area contributed by atoms with Gasteiger partial charge in [-0.25, -0.2) is 4.85 Å². The van der Waals surface area contributed by atoms with Crippen molar-refractivity contribution in [1.82, 2.24) is 9.97 Å². The molecule has 0 spiro atoms. The molecule has 0 aliphatic carbocycles. The minimum absolute atomic E-state index is 0.557. The molecule has 0 aliphatic heterocycles. The maximum Gasteiger partial charge on any atom is 0.187 e. The summed E-state index contributed by atoms with van der Waals surface area (Å²) >= 11 is 0. The van der Waals surface area contributed by atoms with Crippen LogP contribution in [0.25, 0.3) is 93.1 Å². The highest BCUT2D eigenvalue weighted by Gasteiger charge is 2.28. The first-order chi connectivity index (χ1) is 37.1. The van der Waals surface area contributed by atoms with Crippen LogP contribution in [0.2, 0.25) is 0 Å². The predicted molar refractivity (Wildman–Crippen MR) is 306 cm³/mol. The molecule has 13 rings (SSSR count). The van der Waals surface area contributed by atoms with E-state index in [0.29, 0.717) is 27.9 Å². The molecule has 10 aromatic carbocycles. The van der Waals surface area contributed by atoms with Gasteiger partial charge in [-0.2, -0.15) is 5.26 Å². The molecule has 75 heavy (non-hydrogen) atoms. The fourth-order valence-electron chi connectivity index (χ4n) is 10.6. The summed E-state index contributed by atoms with van der Waals surface area (Å²) in [5.41, 5.74) is 17.8. The molecule has 0 fully saturated rings. The van der Waals surface area contributed by atoms with Gasteiger partial charge in [-0.3, -0.25) is 9.97 Å². The topological polar surface area (TPSA) is 73.6 Å². The van der Waals surface area contributed by atoms with Crippen molar-refractivity contribution in [2.24, 2.45) is 0 Å². The fraction of sp³-hybridized carbons (Fsp3) is 0. The number of nitriles is 1. The Kier molecular flexibility index (Phi) is 11.2. The van der Waals surface area contributed by atoms with Crippen LogP contribution in [0.1, 0.15) is 5.56 Å². The van der Waals surface area contributed by atoms with Crippen molar-refractivity contribution in [3.63, 3.8) is 0 Å². The van der Waals surface area contributed by atoms with Crippen molar-refractivity contribution in [2.45, 2.75) is 0 Å². The van der Waals surface area contributed by atoms with E-state index < -0.39 is 0 Å². The highest BCUT2D eigenvalue weighted by molar-refractivity contribution is 6.31. The number of furan rings is 1. The zero-order valence-electron chi connectivity index (χ0n) is 40.3. The largest absolute Gasteiger partial charge is 0.454 e. The minimum atomic E-state index is 0.557. The molecular weight excluding hydrogens is 917 g/mol. The van der Waals surface area contributed by atoms with Gasteiger partial charge in [0.05, 0.1) is 46.2 Å². The van der Waals surface area contributed by atoms with Crippen LogP contribution in [0.5, 0.6) is 0 Å². The molecule has 0 amide bonds. The van der Waals surface area contributed by atoms with Crippen molar-refractivity contribution in [1.29, 1.82) is 5.26 Å². The van der Waals surface area contributed by atoms with E-state index in [-0.39, 0.29) is 0 Å². The van der Waals surface area contributed by atoms with Crippen molar-refractivity contribution < 1.29 is 4.42 Å². The third-order valence-corrected chi connectivity index (χ3v) is 14.0. The van der Waals surface area contributed by atoms with Crippen molar-refractivity contribution >= 4 is 83.6 Å². The first-order valence-corrected chi connectivity index (χ1v) is 24.7. The normalized spacial score (nSPS) is 11.2. The van der Waals surface area contributed by atoms with Crippen LogP contribution in [0.4, 0.5) is 39.8 Å². The lowest BCUT2D eigenvalue weighted by molar-refractivity contribution is 0.672. The van der Waals surface area contributed by atoms with Crippen LogP contribution in [-0.4, -0.2) is 9.97 Å². The van der Waals surface area contributed by atoms with Crippen LogP contribution >= 0.6 is 0 Å². The molecule has 0 atom stereocenters. The lowest BCUT2D eigenvalue weighted by atomic mass is 9.93. The maximum absolute atomic E-state index is 10.0. The van der Waals surface area contributed by atoms with Gasteiger partial charge in [0.1, 0.15) is 11.1 Å². The van der Waals surface area contributed by atoms with Gasteiger partial charge in [0.25, 0.3) is 0 Å². The molecule has 350 valence electrons. The third kappa shape index (κ3) is 7.77. The molecule has 0 saturated carbocycles. The molecule has 13 aromatic rings. The second kappa shape index (κ2) is 18.9. The van der Waals surface area contributed by atoms with E-state index in [1.807, 2.05) is 91.3 Å². The number of hydrogen-bond donors (Lipinski definition) is 0. The Hall–Kier alpha value is -10.6. The van der Waals surface area contributed by atoms with Gasteiger partial charge in [0.2, 0.25) is 0 Å². The summed E-state index contributed by atoms with van der Waals surface area (Å²) < 4.78 is 7.14. The quantitative estimate of drug-likeness (QED) is 0.100. The van der Waals surface area contributed by atoms with E-state index in [9.17, 15) is 5.26 Å². The molecule has 3 heterocycles. The predicted octanol–water partition coefficient (Wildman–Crippen LogP) is 18.7. The number of aromatic nitrogens is 2. The first-order valence-electron chi connectivity index (χ1n) is 24.7. The number of anilines is 6. The van der Waals surface area contributed by atoms with Gasteiger partial charge in [0.15, 0.2) is 11.3 Å². The van der Waals surface area contributed by atoms with Gasteiger partial charge >= 0.3 is 0 Å². The Bertz CT molecular complexity index is 4240. The van der Waals surface area contributed by atoms with Gasteiger partial charge in [0, 0.05) is 73.9 Å². The van der Waals surface area contributed by atoms with Gasteiger partial charge in [-0.15, -0.1) is 0 Å². The molecule has 3 aromatic heterocycles. The molecule has 7 heteroatoms. The SMILES string of the molecule is [C-]#[N+]c1ccc(N(c2ccc3c(c2)oc2c4ncccc4c4c(N(c5ccc(C#N)cc5)c5c(-c6ccccc6)cccc5-c5ccccc5)ccnc4c32)c2c(-c3ccccc3)cccc2-c2ccccc2)cc1. The van der Waals surface area contributed by atoms with E-state index in [1.54, 1.807) is 0 Å². The second-order valence-corrected chi connectivity index (χ2v) is 18.3. The third-order valence-electron chi connectivity index (χ3n) is 14.0. The summed E-state index contributed by atoms with van der Waals surface area (Å²) in [6.07, 6.45) is 3.70. The first kappa shape index (κ1) is 44.3. The van der Waals surface area contributed by atoms with Crippen LogP contribution in [0.3, 0.4) is 0 Å². The number of benzene rings is 10. The van der Waals surface area contributed by atoms with Gasteiger partial charge < -0.3 is 14.2 Å². The van der Waals surface area contributed by atoms with E-state index in [4.69, 9.17) is 21.0 Å². The van der Waals surface area contributed by atoms with Crippen molar-refractivity contribution in [3.05, 3.63) is 272 Å². The van der Waals surface area contributed by atoms with E-state index in [1.165, 1.54) is 0 Å². The average molecular weight is 959 g/mol. The zero-order chi connectivity index (χ0) is 50.2. The number of hydrogen-bond acceptors (Lipinski definition) is 6. The van der Waals surface area contributed by atoms with E-state index in [0.717, 1.165) is 106 Å². The molecule has 0 unspecified atom stereocenters.